The normalized spacial score (nSPS) is 2.10. The van der Waals surface area contributed by atoms with Crippen LogP contribution in [0.3, 0.4) is 0 Å². The van der Waals surface area contributed by atoms with E-state index < -0.39 is 8.69 Å². The van der Waals surface area contributed by atoms with Crippen molar-refractivity contribution >= 4 is 8.69 Å². The Hall–Kier alpha value is 0.820. The quantitative estimate of drug-likeness (QED) is 0.270. The van der Waals surface area contributed by atoms with Gasteiger partial charge >= 0.3 is 29.6 Å². The predicted molar refractivity (Wildman–Crippen MR) is 29.3 cm³/mol. The van der Waals surface area contributed by atoms with Crippen LogP contribution in [0.2, 0.25) is 0 Å². The van der Waals surface area contributed by atoms with Crippen molar-refractivity contribution in [1.29, 1.82) is 0 Å². The van der Waals surface area contributed by atoms with Crippen molar-refractivity contribution in [3.8, 4) is 0 Å². The summed E-state index contributed by atoms with van der Waals surface area (Å²) in [5, 5.41) is 0. The first-order chi connectivity index (χ1) is 1.41. The van der Waals surface area contributed by atoms with E-state index in [2.05, 4.69) is 0 Å². The maximum absolute atomic E-state index is 8.35. The summed E-state index contributed by atoms with van der Waals surface area (Å²) in [5.74, 6) is 0. The number of hydrogen-bond donors (Lipinski definition) is 0. The molecule has 0 aliphatic heterocycles. The zero-order valence-electron chi connectivity index (χ0n) is 5.26. The molecule has 0 aromatic heterocycles. The Balaban J connectivity index is -0.000000000952. The summed E-state index contributed by atoms with van der Waals surface area (Å²) in [4.78, 5) is 8.35. The summed E-state index contributed by atoms with van der Waals surface area (Å²) in [6.45, 7) is 0. The van der Waals surface area contributed by atoms with E-state index in [1.54, 1.807) is 0 Å². The molecule has 0 aromatic carbocycles. The van der Waals surface area contributed by atoms with Gasteiger partial charge in [0.15, 0.2) is 0 Å². The summed E-state index contributed by atoms with van der Waals surface area (Å²) < 4.78 is 8.35. The third-order valence-corrected chi connectivity index (χ3v) is 0. The van der Waals surface area contributed by atoms with Crippen LogP contribution in [0.15, 0.2) is 0 Å². The second-order valence-electron chi connectivity index (χ2n) is 0.0745. The van der Waals surface area contributed by atoms with Crippen LogP contribution in [0, 0.1) is 0 Å². The molecule has 0 bridgehead atoms. The fraction of sp³-hybridized carbons (Fsp3) is 0. The number of rotatable bonds is 0. The smallest absolute Gasteiger partial charge is 0.772 e. The Morgan fingerprint density at radius 3 is 0.800 bits per heavy atom. The van der Waals surface area contributed by atoms with Crippen molar-refractivity contribution in [2.75, 3.05) is 0 Å². The van der Waals surface area contributed by atoms with E-state index in [-0.39, 0.29) is 62.4 Å². The molecule has 0 heterocycles. The van der Waals surface area contributed by atoms with Crippen LogP contribution in [0.5, 0.6) is 0 Å². The summed E-state index contributed by atoms with van der Waals surface area (Å²) >= 11 is 0. The molecule has 0 aliphatic rings. The zero-order valence-corrected chi connectivity index (χ0v) is 8.16. The molecule has 12 N–H and O–H groups in total. The fourth-order valence-electron chi connectivity index (χ4n) is 0. The fourth-order valence-corrected chi connectivity index (χ4v) is 0. The molecular formula is H12NaO8P. The van der Waals surface area contributed by atoms with Gasteiger partial charge in [-0.05, 0) is 0 Å². The van der Waals surface area contributed by atoms with Gasteiger partial charge in [-0.25, -0.2) is 0 Å². The van der Waals surface area contributed by atoms with Gasteiger partial charge in [0.25, 0.3) is 0 Å². The summed E-state index contributed by atoms with van der Waals surface area (Å²) in [7, 11) is -1.08. The van der Waals surface area contributed by atoms with Gasteiger partial charge in [0.2, 0.25) is 0 Å². The van der Waals surface area contributed by atoms with Gasteiger partial charge < -0.3 is 37.8 Å². The van der Waals surface area contributed by atoms with Gasteiger partial charge in [0.1, 0.15) is 0 Å². The Bertz CT molecular complexity index is 16.7. The molecule has 0 rings (SSSR count). The van der Waals surface area contributed by atoms with Crippen LogP contribution in [-0.4, -0.2) is 32.9 Å². The van der Waals surface area contributed by atoms with E-state index in [9.17, 15) is 0 Å². The molecule has 0 radical (unpaired) electrons. The van der Waals surface area contributed by atoms with E-state index in [4.69, 9.17) is 9.46 Å². The van der Waals surface area contributed by atoms with Crippen molar-refractivity contribution < 1.29 is 71.9 Å². The molecule has 10 heavy (non-hydrogen) atoms. The molecule has 0 aliphatic carbocycles. The predicted octanol–water partition coefficient (Wildman–Crippen LogP) is -8.39. The molecule has 0 unspecified atom stereocenters. The molecule has 66 valence electrons. The Labute approximate surface area is 80.7 Å². The van der Waals surface area contributed by atoms with Crippen LogP contribution in [0.25, 0.3) is 0 Å². The summed E-state index contributed by atoms with van der Waals surface area (Å²) in [6, 6.07) is 0. The third-order valence-electron chi connectivity index (χ3n) is 0. The van der Waals surface area contributed by atoms with Crippen LogP contribution >= 0.6 is 8.69 Å². The Kier molecular flexibility index (Phi) is 3030. The Morgan fingerprint density at radius 1 is 0.800 bits per heavy atom. The van der Waals surface area contributed by atoms with Gasteiger partial charge in [-0.1, -0.05) is 0 Å². The maximum Gasteiger partial charge on any atom is 1.00 e. The third kappa shape index (κ3) is 802. The molecular weight excluding hydrogens is 182 g/mol. The zero-order chi connectivity index (χ0) is 2.71. The van der Waals surface area contributed by atoms with E-state index in [1.807, 2.05) is 0 Å². The minimum Gasteiger partial charge on any atom is -0.772 e. The molecule has 0 atom stereocenters. The van der Waals surface area contributed by atoms with Crippen LogP contribution in [0.4, 0.5) is 0 Å². The standard InChI is InChI=1S/Na.HO2P.6H2O/c;1-3-2;;;;;;/h;(H,1,2);6*1H2/q+1;;;;;;;/p-1. The molecule has 0 fully saturated rings. The summed E-state index contributed by atoms with van der Waals surface area (Å²) in [5.41, 5.74) is 0. The topological polar surface area (TPSA) is 229 Å². The molecule has 0 saturated heterocycles. The van der Waals surface area contributed by atoms with Gasteiger partial charge in [0.05, 0.1) is 8.69 Å². The average Bonchev–Trinajstić information content (AvgIpc) is 0.918. The number of hydrogen-bond acceptors (Lipinski definition) is 2. The SMILES string of the molecule is O.O.O.O.O.O.O=P[O-].[Na+]. The molecule has 0 aromatic rings. The van der Waals surface area contributed by atoms with E-state index >= 15 is 0 Å². The van der Waals surface area contributed by atoms with Gasteiger partial charge in [-0.2, -0.15) is 0 Å². The molecule has 8 nitrogen and oxygen atoms in total. The summed E-state index contributed by atoms with van der Waals surface area (Å²) in [6.07, 6.45) is 0. The van der Waals surface area contributed by atoms with E-state index in [0.29, 0.717) is 0 Å². The minimum atomic E-state index is -1.08. The minimum absolute atomic E-state index is 0. The van der Waals surface area contributed by atoms with Crippen molar-refractivity contribution in [3.05, 3.63) is 0 Å². The van der Waals surface area contributed by atoms with E-state index in [0.717, 1.165) is 0 Å². The first kappa shape index (κ1) is 131. The monoisotopic (exact) mass is 194 g/mol. The van der Waals surface area contributed by atoms with Crippen molar-refractivity contribution in [1.82, 2.24) is 0 Å². The van der Waals surface area contributed by atoms with Crippen molar-refractivity contribution in [2.45, 2.75) is 0 Å². The molecule has 10 heteroatoms. The van der Waals surface area contributed by atoms with Gasteiger partial charge in [-0.3, -0.25) is 4.57 Å². The molecule has 0 saturated carbocycles. The second kappa shape index (κ2) is 231. The van der Waals surface area contributed by atoms with Crippen molar-refractivity contribution in [3.63, 3.8) is 0 Å². The molecule has 0 spiro atoms. The van der Waals surface area contributed by atoms with Gasteiger partial charge in [0, 0.05) is 0 Å². The molecule has 0 amide bonds. The van der Waals surface area contributed by atoms with Gasteiger partial charge in [-0.15, -0.1) is 0 Å². The first-order valence-corrected chi connectivity index (χ1v) is 1.10. The average molecular weight is 194 g/mol. The van der Waals surface area contributed by atoms with Crippen molar-refractivity contribution in [2.24, 2.45) is 0 Å². The second-order valence-corrected chi connectivity index (χ2v) is 0.224. The first-order valence-electron chi connectivity index (χ1n) is 0.365. The van der Waals surface area contributed by atoms with Crippen LogP contribution in [-0.2, 0) is 4.57 Å². The van der Waals surface area contributed by atoms with Crippen LogP contribution in [0.1, 0.15) is 0 Å². The van der Waals surface area contributed by atoms with E-state index in [1.165, 1.54) is 0 Å². The maximum atomic E-state index is 8.35. The van der Waals surface area contributed by atoms with Crippen LogP contribution < -0.4 is 34.5 Å². The Morgan fingerprint density at radius 2 is 0.800 bits per heavy atom. The largest absolute Gasteiger partial charge is 1.00 e.